The SMILES string of the molecule is CCN(CC(=O)Nc1ccc2c(c1)OCO2)C1CNC1. The first-order chi connectivity index (χ1) is 9.76. The van der Waals surface area contributed by atoms with Crippen molar-refractivity contribution in [1.29, 1.82) is 0 Å². The zero-order valence-corrected chi connectivity index (χ0v) is 11.5. The molecule has 0 unspecified atom stereocenters. The fourth-order valence-corrected chi connectivity index (χ4v) is 2.39. The van der Waals surface area contributed by atoms with Crippen LogP contribution in [0.4, 0.5) is 5.69 Å². The number of ether oxygens (including phenoxy) is 2. The first-order valence-corrected chi connectivity index (χ1v) is 6.90. The van der Waals surface area contributed by atoms with Crippen LogP contribution in [-0.4, -0.2) is 49.8 Å². The van der Waals surface area contributed by atoms with Gasteiger partial charge in [-0.05, 0) is 18.7 Å². The average Bonchev–Trinajstić information content (AvgIpc) is 2.83. The Morgan fingerprint density at radius 2 is 2.20 bits per heavy atom. The Hall–Kier alpha value is -1.79. The minimum absolute atomic E-state index is 0.00221. The average molecular weight is 277 g/mol. The highest BCUT2D eigenvalue weighted by Crippen LogP contribution is 2.34. The van der Waals surface area contributed by atoms with Crippen molar-refractivity contribution in [3.63, 3.8) is 0 Å². The number of likely N-dealkylation sites (N-methyl/N-ethyl adjacent to an activating group) is 1. The number of amides is 1. The molecule has 1 aromatic rings. The van der Waals surface area contributed by atoms with E-state index in [1.54, 1.807) is 6.07 Å². The Bertz CT molecular complexity index is 502. The van der Waals surface area contributed by atoms with Gasteiger partial charge in [0, 0.05) is 30.9 Å². The Labute approximate surface area is 118 Å². The van der Waals surface area contributed by atoms with Crippen LogP contribution in [0, 0.1) is 0 Å². The summed E-state index contributed by atoms with van der Waals surface area (Å²) in [7, 11) is 0. The molecule has 2 aliphatic heterocycles. The molecule has 1 amide bonds. The summed E-state index contributed by atoms with van der Waals surface area (Å²) >= 11 is 0. The third-order valence-electron chi connectivity index (χ3n) is 3.69. The van der Waals surface area contributed by atoms with Gasteiger partial charge in [0.15, 0.2) is 11.5 Å². The molecular formula is C14H19N3O3. The molecule has 0 atom stereocenters. The van der Waals surface area contributed by atoms with E-state index >= 15 is 0 Å². The third kappa shape index (κ3) is 2.71. The highest BCUT2D eigenvalue weighted by Gasteiger charge is 2.25. The van der Waals surface area contributed by atoms with Crippen molar-refractivity contribution in [3.05, 3.63) is 18.2 Å². The highest BCUT2D eigenvalue weighted by molar-refractivity contribution is 5.92. The lowest BCUT2D eigenvalue weighted by molar-refractivity contribution is -0.118. The minimum atomic E-state index is -0.00221. The molecule has 0 radical (unpaired) electrons. The number of nitrogens with one attached hydrogen (secondary N) is 2. The summed E-state index contributed by atoms with van der Waals surface area (Å²) in [5.41, 5.74) is 0.738. The van der Waals surface area contributed by atoms with Crippen molar-refractivity contribution in [2.24, 2.45) is 0 Å². The molecule has 0 aliphatic carbocycles. The fraction of sp³-hybridized carbons (Fsp3) is 0.500. The Balaban J connectivity index is 1.58. The molecule has 1 saturated heterocycles. The summed E-state index contributed by atoms with van der Waals surface area (Å²) in [6, 6.07) is 5.90. The number of carbonyl (C=O) groups is 1. The summed E-state index contributed by atoms with van der Waals surface area (Å²) in [6.07, 6.45) is 0. The van der Waals surface area contributed by atoms with Gasteiger partial charge in [0.05, 0.1) is 6.54 Å². The molecular weight excluding hydrogens is 258 g/mol. The minimum Gasteiger partial charge on any atom is -0.454 e. The van der Waals surface area contributed by atoms with Gasteiger partial charge in [-0.1, -0.05) is 6.92 Å². The van der Waals surface area contributed by atoms with Crippen LogP contribution >= 0.6 is 0 Å². The zero-order valence-electron chi connectivity index (χ0n) is 11.5. The number of hydrogen-bond acceptors (Lipinski definition) is 5. The van der Waals surface area contributed by atoms with E-state index in [0.29, 0.717) is 18.3 Å². The van der Waals surface area contributed by atoms with Crippen molar-refractivity contribution in [2.45, 2.75) is 13.0 Å². The van der Waals surface area contributed by atoms with E-state index in [2.05, 4.69) is 22.5 Å². The van der Waals surface area contributed by atoms with Gasteiger partial charge >= 0.3 is 0 Å². The maximum absolute atomic E-state index is 12.1. The molecule has 0 aromatic heterocycles. The molecule has 108 valence electrons. The monoisotopic (exact) mass is 277 g/mol. The van der Waals surface area contributed by atoms with Gasteiger partial charge < -0.3 is 20.1 Å². The van der Waals surface area contributed by atoms with Gasteiger partial charge in [0.25, 0.3) is 0 Å². The molecule has 0 spiro atoms. The molecule has 2 aliphatic rings. The van der Waals surface area contributed by atoms with E-state index in [1.807, 2.05) is 12.1 Å². The van der Waals surface area contributed by atoms with Crippen molar-refractivity contribution in [1.82, 2.24) is 10.2 Å². The van der Waals surface area contributed by atoms with Gasteiger partial charge in [-0.3, -0.25) is 9.69 Å². The van der Waals surface area contributed by atoms with Crippen molar-refractivity contribution in [3.8, 4) is 11.5 Å². The van der Waals surface area contributed by atoms with Gasteiger partial charge in [-0.15, -0.1) is 0 Å². The second-order valence-corrected chi connectivity index (χ2v) is 4.99. The van der Waals surface area contributed by atoms with E-state index in [4.69, 9.17) is 9.47 Å². The molecule has 20 heavy (non-hydrogen) atoms. The summed E-state index contributed by atoms with van der Waals surface area (Å²) < 4.78 is 10.5. The number of carbonyl (C=O) groups excluding carboxylic acids is 1. The fourth-order valence-electron chi connectivity index (χ4n) is 2.39. The number of hydrogen-bond donors (Lipinski definition) is 2. The van der Waals surface area contributed by atoms with Crippen LogP contribution < -0.4 is 20.1 Å². The van der Waals surface area contributed by atoms with Crippen molar-refractivity contribution >= 4 is 11.6 Å². The molecule has 1 aromatic carbocycles. The van der Waals surface area contributed by atoms with Crippen LogP contribution in [-0.2, 0) is 4.79 Å². The Morgan fingerprint density at radius 1 is 1.40 bits per heavy atom. The summed E-state index contributed by atoms with van der Waals surface area (Å²) in [6.45, 7) is 5.53. The van der Waals surface area contributed by atoms with Crippen LogP contribution in [0.3, 0.4) is 0 Å². The molecule has 2 N–H and O–H groups in total. The topological polar surface area (TPSA) is 62.8 Å². The van der Waals surface area contributed by atoms with Crippen LogP contribution in [0.5, 0.6) is 11.5 Å². The van der Waals surface area contributed by atoms with Gasteiger partial charge in [-0.25, -0.2) is 0 Å². The molecule has 1 fully saturated rings. The molecule has 3 rings (SSSR count). The molecule has 0 saturated carbocycles. The van der Waals surface area contributed by atoms with E-state index in [1.165, 1.54) is 0 Å². The first kappa shape index (κ1) is 13.2. The number of rotatable bonds is 5. The molecule has 6 heteroatoms. The molecule has 0 bridgehead atoms. The van der Waals surface area contributed by atoms with E-state index in [0.717, 1.165) is 31.1 Å². The number of anilines is 1. The predicted molar refractivity (Wildman–Crippen MR) is 75.1 cm³/mol. The Morgan fingerprint density at radius 3 is 2.90 bits per heavy atom. The maximum Gasteiger partial charge on any atom is 0.238 e. The largest absolute Gasteiger partial charge is 0.454 e. The standard InChI is InChI=1S/C14H19N3O3/c1-2-17(11-6-15-7-11)8-14(18)16-10-3-4-12-13(5-10)20-9-19-12/h3-5,11,15H,2,6-9H2,1H3,(H,16,18). The van der Waals surface area contributed by atoms with E-state index in [-0.39, 0.29) is 12.7 Å². The third-order valence-corrected chi connectivity index (χ3v) is 3.69. The lowest BCUT2D eigenvalue weighted by Gasteiger charge is -2.37. The van der Waals surface area contributed by atoms with Gasteiger partial charge in [0.2, 0.25) is 12.7 Å². The van der Waals surface area contributed by atoms with Gasteiger partial charge in [-0.2, -0.15) is 0 Å². The first-order valence-electron chi connectivity index (χ1n) is 6.90. The summed E-state index contributed by atoms with van der Waals surface area (Å²) in [4.78, 5) is 14.3. The van der Waals surface area contributed by atoms with Crippen molar-refractivity contribution in [2.75, 3.05) is 38.3 Å². The smallest absolute Gasteiger partial charge is 0.238 e. The normalized spacial score (nSPS) is 17.1. The zero-order chi connectivity index (χ0) is 13.9. The van der Waals surface area contributed by atoms with Crippen molar-refractivity contribution < 1.29 is 14.3 Å². The van der Waals surface area contributed by atoms with Crippen LogP contribution in [0.25, 0.3) is 0 Å². The highest BCUT2D eigenvalue weighted by atomic mass is 16.7. The van der Waals surface area contributed by atoms with E-state index < -0.39 is 0 Å². The lowest BCUT2D eigenvalue weighted by Crippen LogP contribution is -2.58. The van der Waals surface area contributed by atoms with Crippen LogP contribution in [0.1, 0.15) is 6.92 Å². The lowest BCUT2D eigenvalue weighted by atomic mass is 10.1. The predicted octanol–water partition coefficient (Wildman–Crippen LogP) is 0.647. The molecule has 6 nitrogen and oxygen atoms in total. The van der Waals surface area contributed by atoms with Crippen LogP contribution in [0.2, 0.25) is 0 Å². The number of nitrogens with zero attached hydrogens (tertiary/aromatic N) is 1. The Kier molecular flexibility index (Phi) is 3.75. The number of fused-ring (bicyclic) bond motifs is 1. The quantitative estimate of drug-likeness (QED) is 0.827. The summed E-state index contributed by atoms with van der Waals surface area (Å²) in [5, 5.41) is 6.13. The number of benzene rings is 1. The summed E-state index contributed by atoms with van der Waals surface area (Å²) in [5.74, 6) is 1.40. The van der Waals surface area contributed by atoms with Crippen LogP contribution in [0.15, 0.2) is 18.2 Å². The second-order valence-electron chi connectivity index (χ2n) is 4.99. The molecule has 2 heterocycles. The second kappa shape index (κ2) is 5.68. The van der Waals surface area contributed by atoms with Gasteiger partial charge in [0.1, 0.15) is 0 Å². The van der Waals surface area contributed by atoms with E-state index in [9.17, 15) is 4.79 Å². The maximum atomic E-state index is 12.1.